The molecule has 5 heteroatoms. The molecule has 0 spiro atoms. The van der Waals surface area contributed by atoms with Crippen molar-refractivity contribution >= 4 is 16.8 Å². The molecule has 4 nitrogen and oxygen atoms in total. The number of carbonyl (C=O) groups is 1. The Morgan fingerprint density at radius 2 is 1.90 bits per heavy atom. The molecule has 5 rings (SSSR count). The Morgan fingerprint density at radius 1 is 1.10 bits per heavy atom. The van der Waals surface area contributed by atoms with E-state index in [4.69, 9.17) is 0 Å². The molecule has 0 aliphatic heterocycles. The SMILES string of the molecule is Cc1ccc(C(=O)NC2(C[C@H]3CC[C@@H](c4ccnc5ccc(F)cc54)CC3)CC2)cn1. The molecule has 0 saturated heterocycles. The van der Waals surface area contributed by atoms with Gasteiger partial charge in [0.15, 0.2) is 0 Å². The first-order chi connectivity index (χ1) is 15.0. The average molecular weight is 418 g/mol. The Hall–Kier alpha value is -2.82. The van der Waals surface area contributed by atoms with Crippen LogP contribution in [0.15, 0.2) is 48.8 Å². The van der Waals surface area contributed by atoms with Gasteiger partial charge >= 0.3 is 0 Å². The number of halogens is 1. The van der Waals surface area contributed by atoms with E-state index < -0.39 is 0 Å². The van der Waals surface area contributed by atoms with Crippen LogP contribution >= 0.6 is 0 Å². The minimum Gasteiger partial charge on any atom is -0.347 e. The quantitative estimate of drug-likeness (QED) is 0.579. The Balaban J connectivity index is 1.21. The van der Waals surface area contributed by atoms with Gasteiger partial charge in [0.2, 0.25) is 0 Å². The minimum absolute atomic E-state index is 0.0102. The van der Waals surface area contributed by atoms with Gasteiger partial charge in [-0.15, -0.1) is 0 Å². The number of nitrogens with zero attached hydrogens (tertiary/aromatic N) is 2. The van der Waals surface area contributed by atoms with Gasteiger partial charge in [0, 0.05) is 29.0 Å². The van der Waals surface area contributed by atoms with E-state index in [1.807, 2.05) is 25.3 Å². The first-order valence-electron chi connectivity index (χ1n) is 11.3. The highest BCUT2D eigenvalue weighted by atomic mass is 19.1. The van der Waals surface area contributed by atoms with Crippen molar-refractivity contribution in [2.45, 2.75) is 63.3 Å². The molecule has 31 heavy (non-hydrogen) atoms. The van der Waals surface area contributed by atoms with Crippen LogP contribution in [-0.4, -0.2) is 21.4 Å². The molecular weight excluding hydrogens is 389 g/mol. The summed E-state index contributed by atoms with van der Waals surface area (Å²) in [5.74, 6) is 0.863. The van der Waals surface area contributed by atoms with Crippen molar-refractivity contribution in [3.8, 4) is 0 Å². The predicted octanol–water partition coefficient (Wildman–Crippen LogP) is 5.70. The van der Waals surface area contributed by atoms with Gasteiger partial charge < -0.3 is 5.32 Å². The maximum absolute atomic E-state index is 13.8. The summed E-state index contributed by atoms with van der Waals surface area (Å²) in [5.41, 5.74) is 3.61. The number of pyridine rings is 2. The van der Waals surface area contributed by atoms with Gasteiger partial charge in [-0.1, -0.05) is 0 Å². The molecule has 2 heterocycles. The number of hydrogen-bond donors (Lipinski definition) is 1. The summed E-state index contributed by atoms with van der Waals surface area (Å²) in [6.07, 6.45) is 11.2. The van der Waals surface area contributed by atoms with Gasteiger partial charge in [0.05, 0.1) is 11.1 Å². The number of hydrogen-bond acceptors (Lipinski definition) is 3. The second kappa shape index (κ2) is 8.03. The lowest BCUT2D eigenvalue weighted by molar-refractivity contribution is 0.0920. The fourth-order valence-electron chi connectivity index (χ4n) is 5.17. The standard InChI is InChI=1S/C26H28FN3O/c1-17-2-5-20(16-29-17)25(31)30-26(11-12-26)15-18-3-6-19(7-4-18)22-10-13-28-24-9-8-21(27)14-23(22)24/h2,5,8-10,13-14,16,18-19H,3-4,6-7,11-12,15H2,1H3,(H,30,31)/t18-,19+. The maximum Gasteiger partial charge on any atom is 0.253 e. The maximum atomic E-state index is 13.8. The van der Waals surface area contributed by atoms with Gasteiger partial charge in [-0.2, -0.15) is 0 Å². The smallest absolute Gasteiger partial charge is 0.253 e. The summed E-state index contributed by atoms with van der Waals surface area (Å²) in [7, 11) is 0. The number of aromatic nitrogens is 2. The Labute approximate surface area is 182 Å². The number of carbonyl (C=O) groups excluding carboxylic acids is 1. The third-order valence-electron chi connectivity index (χ3n) is 7.11. The van der Waals surface area contributed by atoms with Crippen LogP contribution < -0.4 is 5.32 Å². The van der Waals surface area contributed by atoms with Crippen molar-refractivity contribution < 1.29 is 9.18 Å². The zero-order chi connectivity index (χ0) is 21.4. The van der Waals surface area contributed by atoms with E-state index in [9.17, 15) is 9.18 Å². The molecule has 2 fully saturated rings. The molecule has 0 radical (unpaired) electrons. The monoisotopic (exact) mass is 417 g/mol. The number of amides is 1. The number of aryl methyl sites for hydroxylation is 1. The molecule has 2 aliphatic rings. The van der Waals surface area contributed by atoms with Crippen LogP contribution in [0, 0.1) is 18.7 Å². The molecule has 0 bridgehead atoms. The van der Waals surface area contributed by atoms with E-state index in [0.717, 1.165) is 61.5 Å². The highest BCUT2D eigenvalue weighted by Gasteiger charge is 2.46. The lowest BCUT2D eigenvalue weighted by atomic mass is 9.75. The number of rotatable bonds is 5. The topological polar surface area (TPSA) is 54.9 Å². The summed E-state index contributed by atoms with van der Waals surface area (Å²) >= 11 is 0. The van der Waals surface area contributed by atoms with Crippen molar-refractivity contribution in [2.75, 3.05) is 0 Å². The van der Waals surface area contributed by atoms with Crippen LogP contribution in [0.2, 0.25) is 0 Å². The van der Waals surface area contributed by atoms with Crippen LogP contribution in [0.1, 0.15) is 72.5 Å². The zero-order valence-corrected chi connectivity index (χ0v) is 17.9. The summed E-state index contributed by atoms with van der Waals surface area (Å²) in [6, 6.07) is 10.7. The van der Waals surface area contributed by atoms with Crippen LogP contribution in [0.4, 0.5) is 4.39 Å². The van der Waals surface area contributed by atoms with Crippen molar-refractivity contribution in [1.29, 1.82) is 0 Å². The molecule has 1 N–H and O–H groups in total. The Morgan fingerprint density at radius 3 is 2.61 bits per heavy atom. The summed E-state index contributed by atoms with van der Waals surface area (Å²) in [6.45, 7) is 1.92. The van der Waals surface area contributed by atoms with Gasteiger partial charge in [-0.05, 0) is 106 Å². The third-order valence-corrected chi connectivity index (χ3v) is 7.11. The molecule has 3 aromatic rings. The van der Waals surface area contributed by atoms with E-state index in [1.54, 1.807) is 18.3 Å². The molecule has 2 aliphatic carbocycles. The average Bonchev–Trinajstić information content (AvgIpc) is 3.53. The van der Waals surface area contributed by atoms with Gasteiger partial charge in [-0.3, -0.25) is 14.8 Å². The van der Waals surface area contributed by atoms with Crippen LogP contribution in [0.5, 0.6) is 0 Å². The van der Waals surface area contributed by atoms with Crippen molar-refractivity contribution in [3.05, 3.63) is 71.4 Å². The second-order valence-corrected chi connectivity index (χ2v) is 9.41. The highest BCUT2D eigenvalue weighted by molar-refractivity contribution is 5.94. The number of benzene rings is 1. The number of fused-ring (bicyclic) bond motifs is 1. The summed E-state index contributed by atoms with van der Waals surface area (Å²) in [5, 5.41) is 4.24. The highest BCUT2D eigenvalue weighted by Crippen LogP contribution is 2.47. The third kappa shape index (κ3) is 4.32. The van der Waals surface area contributed by atoms with Crippen molar-refractivity contribution in [1.82, 2.24) is 15.3 Å². The van der Waals surface area contributed by atoms with E-state index >= 15 is 0 Å². The molecule has 1 amide bonds. The van der Waals surface area contributed by atoms with E-state index in [-0.39, 0.29) is 17.3 Å². The lowest BCUT2D eigenvalue weighted by Gasteiger charge is -2.32. The predicted molar refractivity (Wildman–Crippen MR) is 119 cm³/mol. The van der Waals surface area contributed by atoms with Gasteiger partial charge in [0.25, 0.3) is 5.91 Å². The Kier molecular flexibility index (Phi) is 5.20. The molecule has 2 aromatic heterocycles. The lowest BCUT2D eigenvalue weighted by Crippen LogP contribution is -2.38. The van der Waals surface area contributed by atoms with E-state index in [1.165, 1.54) is 11.6 Å². The molecule has 0 atom stereocenters. The zero-order valence-electron chi connectivity index (χ0n) is 17.9. The van der Waals surface area contributed by atoms with Crippen LogP contribution in [-0.2, 0) is 0 Å². The molecule has 1 aromatic carbocycles. The minimum atomic E-state index is -0.203. The summed E-state index contributed by atoms with van der Waals surface area (Å²) < 4.78 is 13.8. The van der Waals surface area contributed by atoms with E-state index in [2.05, 4.69) is 21.4 Å². The largest absolute Gasteiger partial charge is 0.347 e. The Bertz CT molecular complexity index is 1100. The molecule has 0 unspecified atom stereocenters. The number of nitrogens with one attached hydrogen (secondary N) is 1. The van der Waals surface area contributed by atoms with E-state index in [0.29, 0.717) is 17.4 Å². The first-order valence-corrected chi connectivity index (χ1v) is 11.3. The van der Waals surface area contributed by atoms with Crippen LogP contribution in [0.3, 0.4) is 0 Å². The fraction of sp³-hybridized carbons (Fsp3) is 0.423. The molecule has 2 saturated carbocycles. The second-order valence-electron chi connectivity index (χ2n) is 9.41. The molecular formula is C26H28FN3O. The van der Waals surface area contributed by atoms with Crippen LogP contribution in [0.25, 0.3) is 10.9 Å². The fourth-order valence-corrected chi connectivity index (χ4v) is 5.17. The van der Waals surface area contributed by atoms with Crippen molar-refractivity contribution in [2.24, 2.45) is 5.92 Å². The van der Waals surface area contributed by atoms with Gasteiger partial charge in [0.1, 0.15) is 5.82 Å². The van der Waals surface area contributed by atoms with Crippen molar-refractivity contribution in [3.63, 3.8) is 0 Å². The molecule has 160 valence electrons. The summed E-state index contributed by atoms with van der Waals surface area (Å²) in [4.78, 5) is 21.3. The van der Waals surface area contributed by atoms with Gasteiger partial charge in [-0.25, -0.2) is 4.39 Å². The normalized spacial score (nSPS) is 22.3. The first kappa shape index (κ1) is 20.1.